The Morgan fingerprint density at radius 2 is 2.11 bits per heavy atom. The van der Waals surface area contributed by atoms with Crippen LogP contribution in [-0.2, 0) is 11.3 Å². The maximum atomic E-state index is 12.0. The molecule has 100 valence electrons. The molecule has 5 heteroatoms. The molecule has 2 rings (SSSR count). The maximum absolute atomic E-state index is 12.0. The Kier molecular flexibility index (Phi) is 3.85. The number of rotatable bonds is 4. The third-order valence-electron chi connectivity index (χ3n) is 2.89. The first-order chi connectivity index (χ1) is 9.13. The summed E-state index contributed by atoms with van der Waals surface area (Å²) in [6.07, 6.45) is 3.45. The molecule has 2 heterocycles. The smallest absolute Gasteiger partial charge is 0.357 e. The highest BCUT2D eigenvalue weighted by molar-refractivity contribution is 5.94. The normalized spacial score (nSPS) is 10.4. The van der Waals surface area contributed by atoms with E-state index in [0.717, 1.165) is 11.3 Å². The molecule has 0 bridgehead atoms. The average Bonchev–Trinajstić information content (AvgIpc) is 2.66. The lowest BCUT2D eigenvalue weighted by Gasteiger charge is -2.11. The third-order valence-corrected chi connectivity index (χ3v) is 2.89. The van der Waals surface area contributed by atoms with Crippen molar-refractivity contribution in [1.82, 2.24) is 9.55 Å². The lowest BCUT2D eigenvalue weighted by atomic mass is 10.2. The van der Waals surface area contributed by atoms with E-state index in [2.05, 4.69) is 4.98 Å². The highest BCUT2D eigenvalue weighted by Crippen LogP contribution is 2.20. The molecule has 0 aliphatic carbocycles. The first kappa shape index (κ1) is 13.1. The van der Waals surface area contributed by atoms with Crippen molar-refractivity contribution in [2.45, 2.75) is 20.4 Å². The van der Waals surface area contributed by atoms with Gasteiger partial charge >= 0.3 is 5.97 Å². The molecule has 0 amide bonds. The number of carbonyl (C=O) groups excluding carboxylic acids is 1. The minimum atomic E-state index is -0.387. The largest absolute Gasteiger partial charge is 0.461 e. The number of aromatic nitrogens is 2. The molecule has 0 aliphatic rings. The molecule has 0 spiro atoms. The van der Waals surface area contributed by atoms with Gasteiger partial charge in [0.05, 0.1) is 12.3 Å². The zero-order valence-electron chi connectivity index (χ0n) is 11.1. The summed E-state index contributed by atoms with van der Waals surface area (Å²) in [4.78, 5) is 15.9. The van der Waals surface area contributed by atoms with Crippen LogP contribution in [0.5, 0.6) is 0 Å². The fourth-order valence-electron chi connectivity index (χ4n) is 2.01. The quantitative estimate of drug-likeness (QED) is 0.852. The lowest BCUT2D eigenvalue weighted by Crippen LogP contribution is -2.15. The predicted molar refractivity (Wildman–Crippen MR) is 72.9 cm³/mol. The van der Waals surface area contributed by atoms with Crippen molar-refractivity contribution < 1.29 is 9.53 Å². The standard InChI is InChI=1S/C14H17N3O2/c1-3-19-14(18)13-12(15)8-10(2)17(13)9-11-4-6-16-7-5-11/h4-8H,3,9,15H2,1-2H3. The van der Waals surface area contributed by atoms with Crippen LogP contribution in [0.4, 0.5) is 5.69 Å². The Morgan fingerprint density at radius 1 is 1.42 bits per heavy atom. The van der Waals surface area contributed by atoms with Gasteiger partial charge in [0.15, 0.2) is 5.69 Å². The Labute approximate surface area is 112 Å². The fourth-order valence-corrected chi connectivity index (χ4v) is 2.01. The van der Waals surface area contributed by atoms with Gasteiger partial charge in [0.25, 0.3) is 0 Å². The molecule has 0 atom stereocenters. The van der Waals surface area contributed by atoms with Crippen LogP contribution in [0.15, 0.2) is 30.6 Å². The van der Waals surface area contributed by atoms with Crippen LogP contribution in [0, 0.1) is 6.92 Å². The molecule has 19 heavy (non-hydrogen) atoms. The molecule has 0 saturated heterocycles. The predicted octanol–water partition coefficient (Wildman–Crippen LogP) is 2.00. The summed E-state index contributed by atoms with van der Waals surface area (Å²) < 4.78 is 6.91. The zero-order chi connectivity index (χ0) is 13.8. The second-order valence-corrected chi connectivity index (χ2v) is 4.25. The van der Waals surface area contributed by atoms with Gasteiger partial charge in [-0.2, -0.15) is 0 Å². The van der Waals surface area contributed by atoms with E-state index in [1.54, 1.807) is 25.4 Å². The molecule has 0 unspecified atom stereocenters. The number of carbonyl (C=O) groups is 1. The van der Waals surface area contributed by atoms with Crippen molar-refractivity contribution in [3.05, 3.63) is 47.5 Å². The number of hydrogen-bond donors (Lipinski definition) is 1. The van der Waals surface area contributed by atoms with Crippen LogP contribution < -0.4 is 5.73 Å². The third kappa shape index (κ3) is 2.76. The number of aryl methyl sites for hydroxylation is 1. The molecule has 5 nitrogen and oxygen atoms in total. The van der Waals surface area contributed by atoms with Gasteiger partial charge in [-0.05, 0) is 37.6 Å². The number of nitrogens with zero attached hydrogens (tertiary/aromatic N) is 2. The van der Waals surface area contributed by atoms with E-state index in [1.807, 2.05) is 23.6 Å². The van der Waals surface area contributed by atoms with E-state index in [1.165, 1.54) is 0 Å². The van der Waals surface area contributed by atoms with Gasteiger partial charge < -0.3 is 15.0 Å². The van der Waals surface area contributed by atoms with Crippen molar-refractivity contribution >= 4 is 11.7 Å². The van der Waals surface area contributed by atoms with Crippen LogP contribution in [0.25, 0.3) is 0 Å². The summed E-state index contributed by atoms with van der Waals surface area (Å²) in [5.41, 5.74) is 8.74. The highest BCUT2D eigenvalue weighted by Gasteiger charge is 2.19. The van der Waals surface area contributed by atoms with Crippen LogP contribution in [0.3, 0.4) is 0 Å². The van der Waals surface area contributed by atoms with Crippen molar-refractivity contribution in [3.8, 4) is 0 Å². The van der Waals surface area contributed by atoms with E-state index in [-0.39, 0.29) is 5.97 Å². The van der Waals surface area contributed by atoms with Crippen LogP contribution in [-0.4, -0.2) is 22.1 Å². The van der Waals surface area contributed by atoms with Crippen LogP contribution >= 0.6 is 0 Å². The first-order valence-electron chi connectivity index (χ1n) is 6.15. The molecule has 2 aromatic rings. The number of ether oxygens (including phenoxy) is 1. The lowest BCUT2D eigenvalue weighted by molar-refractivity contribution is 0.0515. The Morgan fingerprint density at radius 3 is 2.74 bits per heavy atom. The number of anilines is 1. The number of nitrogens with two attached hydrogens (primary N) is 1. The summed E-state index contributed by atoms with van der Waals surface area (Å²) in [6, 6.07) is 5.60. The number of nitrogen functional groups attached to an aromatic ring is 1. The summed E-state index contributed by atoms with van der Waals surface area (Å²) in [6.45, 7) is 4.59. The van der Waals surface area contributed by atoms with E-state index in [0.29, 0.717) is 24.5 Å². The molecule has 2 N–H and O–H groups in total. The Balaban J connectivity index is 2.37. The topological polar surface area (TPSA) is 70.1 Å². The molecule has 0 fully saturated rings. The monoisotopic (exact) mass is 259 g/mol. The van der Waals surface area contributed by atoms with Crippen LogP contribution in [0.1, 0.15) is 28.7 Å². The van der Waals surface area contributed by atoms with Crippen molar-refractivity contribution in [3.63, 3.8) is 0 Å². The first-order valence-corrected chi connectivity index (χ1v) is 6.15. The molecule has 0 aromatic carbocycles. The summed E-state index contributed by atoms with van der Waals surface area (Å²) in [5, 5.41) is 0. The van der Waals surface area contributed by atoms with Gasteiger partial charge in [-0.25, -0.2) is 4.79 Å². The number of pyridine rings is 1. The van der Waals surface area contributed by atoms with Gasteiger partial charge in [0.1, 0.15) is 0 Å². The molecule has 2 aromatic heterocycles. The SMILES string of the molecule is CCOC(=O)c1c(N)cc(C)n1Cc1ccncc1. The van der Waals surface area contributed by atoms with E-state index in [4.69, 9.17) is 10.5 Å². The van der Waals surface area contributed by atoms with Gasteiger partial charge in [-0.1, -0.05) is 0 Å². The highest BCUT2D eigenvalue weighted by atomic mass is 16.5. The molecular formula is C14H17N3O2. The zero-order valence-corrected chi connectivity index (χ0v) is 11.1. The number of esters is 1. The van der Waals surface area contributed by atoms with Gasteiger partial charge in [-0.15, -0.1) is 0 Å². The molecule has 0 saturated carbocycles. The second-order valence-electron chi connectivity index (χ2n) is 4.25. The van der Waals surface area contributed by atoms with Gasteiger partial charge in [-0.3, -0.25) is 4.98 Å². The Bertz CT molecular complexity index is 576. The Hall–Kier alpha value is -2.30. The van der Waals surface area contributed by atoms with Crippen molar-refractivity contribution in [2.75, 3.05) is 12.3 Å². The van der Waals surface area contributed by atoms with Gasteiger partial charge in [0, 0.05) is 24.6 Å². The maximum Gasteiger partial charge on any atom is 0.357 e. The van der Waals surface area contributed by atoms with E-state index < -0.39 is 0 Å². The molecule has 0 aliphatic heterocycles. The number of hydrogen-bond acceptors (Lipinski definition) is 4. The molecule has 0 radical (unpaired) electrons. The van der Waals surface area contributed by atoms with Crippen molar-refractivity contribution in [2.24, 2.45) is 0 Å². The second kappa shape index (κ2) is 5.56. The summed E-state index contributed by atoms with van der Waals surface area (Å²) >= 11 is 0. The van der Waals surface area contributed by atoms with Gasteiger partial charge in [0.2, 0.25) is 0 Å². The van der Waals surface area contributed by atoms with E-state index in [9.17, 15) is 4.79 Å². The van der Waals surface area contributed by atoms with Crippen LogP contribution in [0.2, 0.25) is 0 Å². The molecular weight excluding hydrogens is 242 g/mol. The van der Waals surface area contributed by atoms with E-state index >= 15 is 0 Å². The minimum Gasteiger partial charge on any atom is -0.461 e. The summed E-state index contributed by atoms with van der Waals surface area (Å²) in [5.74, 6) is -0.387. The summed E-state index contributed by atoms with van der Waals surface area (Å²) in [7, 11) is 0. The fraction of sp³-hybridized carbons (Fsp3) is 0.286. The van der Waals surface area contributed by atoms with Crippen molar-refractivity contribution in [1.29, 1.82) is 0 Å². The average molecular weight is 259 g/mol. The minimum absolute atomic E-state index is 0.331.